The van der Waals surface area contributed by atoms with Gasteiger partial charge in [-0.1, -0.05) is 6.92 Å². The Hall–Kier alpha value is 0.270. The minimum absolute atomic E-state index is 0.940. The number of nitrogens with one attached hydrogen (secondary N) is 1. The van der Waals surface area contributed by atoms with Crippen LogP contribution >= 0.6 is 11.8 Å². The van der Waals surface area contributed by atoms with Crippen molar-refractivity contribution in [3.8, 4) is 0 Å². The summed E-state index contributed by atoms with van der Waals surface area (Å²) in [5.41, 5.74) is 0. The van der Waals surface area contributed by atoms with Crippen molar-refractivity contribution in [1.29, 1.82) is 0 Å². The molecular weight excluding hydrogens is 204 g/mol. The zero-order valence-electron chi connectivity index (χ0n) is 10.3. The Morgan fingerprint density at radius 2 is 2.07 bits per heavy atom. The molecule has 1 heterocycles. The Kier molecular flexibility index (Phi) is 7.49. The fourth-order valence-electron chi connectivity index (χ4n) is 2.18. The van der Waals surface area contributed by atoms with Crippen molar-refractivity contribution in [1.82, 2.24) is 10.2 Å². The molecule has 1 aliphatic rings. The monoisotopic (exact) mass is 230 g/mol. The van der Waals surface area contributed by atoms with Gasteiger partial charge in [0.05, 0.1) is 0 Å². The SMILES string of the molecule is CCSCCCN(C)CC1CCNCC1. The van der Waals surface area contributed by atoms with Crippen LogP contribution in [0, 0.1) is 5.92 Å². The Morgan fingerprint density at radius 1 is 1.33 bits per heavy atom. The fourth-order valence-corrected chi connectivity index (χ4v) is 2.80. The smallest absolute Gasteiger partial charge is 0.000756 e. The van der Waals surface area contributed by atoms with Crippen LogP contribution in [0.1, 0.15) is 26.2 Å². The van der Waals surface area contributed by atoms with Crippen LogP contribution in [0.15, 0.2) is 0 Å². The van der Waals surface area contributed by atoms with Gasteiger partial charge in [0.15, 0.2) is 0 Å². The molecule has 1 rings (SSSR count). The molecule has 0 bridgehead atoms. The maximum Gasteiger partial charge on any atom is 0.000756 e. The largest absolute Gasteiger partial charge is 0.317 e. The Morgan fingerprint density at radius 3 is 2.73 bits per heavy atom. The molecule has 0 unspecified atom stereocenters. The summed E-state index contributed by atoms with van der Waals surface area (Å²) < 4.78 is 0. The second-order valence-electron chi connectivity index (χ2n) is 4.51. The van der Waals surface area contributed by atoms with Gasteiger partial charge in [-0.25, -0.2) is 0 Å². The maximum absolute atomic E-state index is 3.43. The van der Waals surface area contributed by atoms with Crippen molar-refractivity contribution in [2.24, 2.45) is 5.92 Å². The van der Waals surface area contributed by atoms with E-state index in [0.717, 1.165) is 5.92 Å². The van der Waals surface area contributed by atoms with Crippen LogP contribution in [0.2, 0.25) is 0 Å². The lowest BCUT2D eigenvalue weighted by Crippen LogP contribution is -2.35. The average molecular weight is 230 g/mol. The maximum atomic E-state index is 3.43. The van der Waals surface area contributed by atoms with Gasteiger partial charge < -0.3 is 10.2 Å². The van der Waals surface area contributed by atoms with E-state index in [4.69, 9.17) is 0 Å². The molecule has 0 amide bonds. The summed E-state index contributed by atoms with van der Waals surface area (Å²) in [6, 6.07) is 0. The van der Waals surface area contributed by atoms with Crippen LogP contribution in [0.4, 0.5) is 0 Å². The van der Waals surface area contributed by atoms with Crippen LogP contribution in [-0.4, -0.2) is 49.6 Å². The molecule has 0 saturated carbocycles. The van der Waals surface area contributed by atoms with E-state index in [1.807, 2.05) is 0 Å². The molecule has 3 heteroatoms. The standard InChI is InChI=1S/C12H26N2S/c1-3-15-10-4-9-14(2)11-12-5-7-13-8-6-12/h12-13H,3-11H2,1-2H3. The summed E-state index contributed by atoms with van der Waals surface area (Å²) in [5.74, 6) is 3.53. The van der Waals surface area contributed by atoms with E-state index in [0.29, 0.717) is 0 Å². The molecule has 2 nitrogen and oxygen atoms in total. The lowest BCUT2D eigenvalue weighted by Gasteiger charge is -2.27. The molecular formula is C12H26N2S. The second-order valence-corrected chi connectivity index (χ2v) is 5.90. The molecule has 0 spiro atoms. The van der Waals surface area contributed by atoms with Crippen molar-refractivity contribution in [2.45, 2.75) is 26.2 Å². The summed E-state index contributed by atoms with van der Waals surface area (Å²) >= 11 is 2.06. The Balaban J connectivity index is 1.98. The highest BCUT2D eigenvalue weighted by Gasteiger charge is 2.14. The molecule has 0 aliphatic carbocycles. The number of hydrogen-bond donors (Lipinski definition) is 1. The topological polar surface area (TPSA) is 15.3 Å². The summed E-state index contributed by atoms with van der Waals surface area (Å²) in [4.78, 5) is 2.52. The van der Waals surface area contributed by atoms with E-state index in [2.05, 4.69) is 35.9 Å². The van der Waals surface area contributed by atoms with E-state index in [1.165, 1.54) is 56.9 Å². The van der Waals surface area contributed by atoms with Gasteiger partial charge in [0.2, 0.25) is 0 Å². The van der Waals surface area contributed by atoms with E-state index in [9.17, 15) is 0 Å². The highest BCUT2D eigenvalue weighted by molar-refractivity contribution is 7.99. The molecule has 90 valence electrons. The van der Waals surface area contributed by atoms with Gasteiger partial charge in [0, 0.05) is 6.54 Å². The van der Waals surface area contributed by atoms with Gasteiger partial charge in [-0.05, 0) is 63.4 Å². The van der Waals surface area contributed by atoms with Crippen LogP contribution in [0.3, 0.4) is 0 Å². The summed E-state index contributed by atoms with van der Waals surface area (Å²) in [6.07, 6.45) is 4.09. The molecule has 0 aromatic rings. The van der Waals surface area contributed by atoms with Crippen LogP contribution in [0.5, 0.6) is 0 Å². The Bertz CT molecular complexity index is 147. The van der Waals surface area contributed by atoms with Crippen molar-refractivity contribution in [3.05, 3.63) is 0 Å². The molecule has 0 atom stereocenters. The minimum Gasteiger partial charge on any atom is -0.317 e. The van der Waals surface area contributed by atoms with Crippen molar-refractivity contribution in [2.75, 3.05) is 44.7 Å². The third-order valence-corrected chi connectivity index (χ3v) is 4.05. The van der Waals surface area contributed by atoms with Gasteiger partial charge in [-0.2, -0.15) is 11.8 Å². The normalized spacial score (nSPS) is 18.6. The summed E-state index contributed by atoms with van der Waals surface area (Å²) in [7, 11) is 2.28. The third kappa shape index (κ3) is 6.44. The van der Waals surface area contributed by atoms with E-state index in [-0.39, 0.29) is 0 Å². The summed E-state index contributed by atoms with van der Waals surface area (Å²) in [6.45, 7) is 7.27. The molecule has 0 aromatic carbocycles. The zero-order chi connectivity index (χ0) is 10.9. The van der Waals surface area contributed by atoms with Crippen LogP contribution < -0.4 is 5.32 Å². The quantitative estimate of drug-likeness (QED) is 0.674. The molecule has 0 aromatic heterocycles. The first-order valence-electron chi connectivity index (χ1n) is 6.30. The predicted octanol–water partition coefficient (Wildman–Crippen LogP) is 2.06. The number of hydrogen-bond acceptors (Lipinski definition) is 3. The lowest BCUT2D eigenvalue weighted by molar-refractivity contribution is 0.241. The fraction of sp³-hybridized carbons (Fsp3) is 1.00. The van der Waals surface area contributed by atoms with Crippen molar-refractivity contribution < 1.29 is 0 Å². The molecule has 0 radical (unpaired) electrons. The van der Waals surface area contributed by atoms with Gasteiger partial charge in [-0.15, -0.1) is 0 Å². The first kappa shape index (κ1) is 13.3. The van der Waals surface area contributed by atoms with E-state index >= 15 is 0 Å². The van der Waals surface area contributed by atoms with Crippen molar-refractivity contribution in [3.63, 3.8) is 0 Å². The first-order chi connectivity index (χ1) is 7.33. The van der Waals surface area contributed by atoms with Gasteiger partial charge in [-0.3, -0.25) is 0 Å². The van der Waals surface area contributed by atoms with E-state index in [1.54, 1.807) is 0 Å². The summed E-state index contributed by atoms with van der Waals surface area (Å²) in [5, 5.41) is 3.43. The Labute approximate surface area is 99.2 Å². The van der Waals surface area contributed by atoms with Gasteiger partial charge >= 0.3 is 0 Å². The van der Waals surface area contributed by atoms with E-state index < -0.39 is 0 Å². The molecule has 1 fully saturated rings. The zero-order valence-corrected chi connectivity index (χ0v) is 11.1. The number of nitrogens with zero attached hydrogens (tertiary/aromatic N) is 1. The lowest BCUT2D eigenvalue weighted by atomic mass is 9.98. The molecule has 15 heavy (non-hydrogen) atoms. The number of piperidine rings is 1. The van der Waals surface area contributed by atoms with Crippen molar-refractivity contribution >= 4 is 11.8 Å². The molecule has 1 aliphatic heterocycles. The second kappa shape index (κ2) is 8.43. The first-order valence-corrected chi connectivity index (χ1v) is 7.45. The highest BCUT2D eigenvalue weighted by Crippen LogP contribution is 2.13. The molecule has 1 saturated heterocycles. The van der Waals surface area contributed by atoms with Crippen LogP contribution in [0.25, 0.3) is 0 Å². The number of thioether (sulfide) groups is 1. The van der Waals surface area contributed by atoms with Gasteiger partial charge in [0.1, 0.15) is 0 Å². The highest BCUT2D eigenvalue weighted by atomic mass is 32.2. The predicted molar refractivity (Wildman–Crippen MR) is 70.7 cm³/mol. The molecule has 1 N–H and O–H groups in total. The minimum atomic E-state index is 0.940. The average Bonchev–Trinajstić information content (AvgIpc) is 2.26. The number of rotatable bonds is 7. The van der Waals surface area contributed by atoms with Gasteiger partial charge in [0.25, 0.3) is 0 Å². The third-order valence-electron chi connectivity index (χ3n) is 3.06. The van der Waals surface area contributed by atoms with Crippen LogP contribution in [-0.2, 0) is 0 Å².